The quantitative estimate of drug-likeness (QED) is 0.785. The van der Waals surface area contributed by atoms with Crippen LogP contribution in [0.25, 0.3) is 0 Å². The molecule has 0 aliphatic carbocycles. The second-order valence-corrected chi connectivity index (χ2v) is 7.61. The highest BCUT2D eigenvalue weighted by Gasteiger charge is 2.15. The highest BCUT2D eigenvalue weighted by atomic mass is 16.5. The van der Waals surface area contributed by atoms with Crippen molar-refractivity contribution in [2.75, 3.05) is 66.4 Å². The third-order valence-corrected chi connectivity index (χ3v) is 5.57. The molecular weight excluding hydrogens is 364 g/mol. The van der Waals surface area contributed by atoms with E-state index in [2.05, 4.69) is 38.6 Å². The lowest BCUT2D eigenvalue weighted by Gasteiger charge is -2.30. The molecule has 2 N–H and O–H groups in total. The van der Waals surface area contributed by atoms with Crippen molar-refractivity contribution in [3.05, 3.63) is 48.5 Å². The van der Waals surface area contributed by atoms with Crippen LogP contribution in [0.1, 0.15) is 19.3 Å². The van der Waals surface area contributed by atoms with Gasteiger partial charge in [0.2, 0.25) is 5.91 Å². The summed E-state index contributed by atoms with van der Waals surface area (Å²) in [6.07, 6.45) is 3.85. The third-order valence-electron chi connectivity index (χ3n) is 5.57. The molecule has 2 heterocycles. The Morgan fingerprint density at radius 3 is 2.34 bits per heavy atom. The molecule has 2 aliphatic rings. The van der Waals surface area contributed by atoms with Crippen LogP contribution in [-0.4, -0.2) is 51.8 Å². The lowest BCUT2D eigenvalue weighted by Crippen LogP contribution is -2.36. The fraction of sp³-hybridized carbons (Fsp3) is 0.435. The van der Waals surface area contributed by atoms with E-state index in [1.165, 1.54) is 24.9 Å². The van der Waals surface area contributed by atoms with E-state index in [0.29, 0.717) is 0 Å². The molecule has 2 saturated heterocycles. The molecule has 6 nitrogen and oxygen atoms in total. The number of amides is 1. The highest BCUT2D eigenvalue weighted by molar-refractivity contribution is 5.94. The molecule has 2 aromatic rings. The molecule has 6 heteroatoms. The first kappa shape index (κ1) is 19.6. The van der Waals surface area contributed by atoms with Gasteiger partial charge in [-0.2, -0.15) is 0 Å². The zero-order valence-electron chi connectivity index (χ0n) is 16.9. The Hall–Kier alpha value is -2.73. The molecule has 0 atom stereocenters. The van der Waals surface area contributed by atoms with E-state index >= 15 is 0 Å². The maximum atomic E-state index is 12.4. The SMILES string of the molecule is O=C(CNc1ccccc1N1CCOCC1)Nc1ccc(N2CCCCC2)cc1. The molecule has 4 rings (SSSR count). The Morgan fingerprint density at radius 1 is 0.862 bits per heavy atom. The van der Waals surface area contributed by atoms with Crippen molar-refractivity contribution in [2.24, 2.45) is 0 Å². The van der Waals surface area contributed by atoms with Gasteiger partial charge in [0.15, 0.2) is 0 Å². The van der Waals surface area contributed by atoms with Crippen LogP contribution in [0, 0.1) is 0 Å². The molecule has 0 radical (unpaired) electrons. The molecule has 2 aromatic carbocycles. The van der Waals surface area contributed by atoms with Gasteiger partial charge in [-0.1, -0.05) is 12.1 Å². The van der Waals surface area contributed by atoms with E-state index in [0.717, 1.165) is 56.5 Å². The van der Waals surface area contributed by atoms with Gasteiger partial charge in [0.05, 0.1) is 31.1 Å². The minimum absolute atomic E-state index is 0.0486. The Kier molecular flexibility index (Phi) is 6.52. The summed E-state index contributed by atoms with van der Waals surface area (Å²) in [7, 11) is 0. The number of nitrogens with zero attached hydrogens (tertiary/aromatic N) is 2. The van der Waals surface area contributed by atoms with E-state index in [4.69, 9.17) is 4.74 Å². The van der Waals surface area contributed by atoms with Gasteiger partial charge in [0.1, 0.15) is 0 Å². The highest BCUT2D eigenvalue weighted by Crippen LogP contribution is 2.26. The monoisotopic (exact) mass is 394 g/mol. The second kappa shape index (κ2) is 9.65. The van der Waals surface area contributed by atoms with Crippen LogP contribution < -0.4 is 20.4 Å². The number of anilines is 4. The van der Waals surface area contributed by atoms with Crippen LogP contribution >= 0.6 is 0 Å². The maximum Gasteiger partial charge on any atom is 0.243 e. The van der Waals surface area contributed by atoms with Gasteiger partial charge in [-0.25, -0.2) is 0 Å². The predicted molar refractivity (Wildman–Crippen MR) is 119 cm³/mol. The summed E-state index contributed by atoms with van der Waals surface area (Å²) in [4.78, 5) is 17.2. The summed E-state index contributed by atoms with van der Waals surface area (Å²) in [5, 5.41) is 6.28. The number of para-hydroxylation sites is 2. The molecule has 2 aliphatic heterocycles. The Balaban J connectivity index is 1.31. The molecule has 0 unspecified atom stereocenters. The topological polar surface area (TPSA) is 56.8 Å². The van der Waals surface area contributed by atoms with Gasteiger partial charge in [-0.3, -0.25) is 4.79 Å². The van der Waals surface area contributed by atoms with E-state index in [9.17, 15) is 4.79 Å². The number of rotatable bonds is 6. The van der Waals surface area contributed by atoms with E-state index in [-0.39, 0.29) is 12.5 Å². The second-order valence-electron chi connectivity index (χ2n) is 7.61. The first-order valence-corrected chi connectivity index (χ1v) is 10.6. The average molecular weight is 395 g/mol. The minimum Gasteiger partial charge on any atom is -0.378 e. The van der Waals surface area contributed by atoms with Crippen LogP contribution in [-0.2, 0) is 9.53 Å². The van der Waals surface area contributed by atoms with Crippen LogP contribution in [0.5, 0.6) is 0 Å². The number of morpholine rings is 1. The lowest BCUT2D eigenvalue weighted by molar-refractivity contribution is -0.114. The van der Waals surface area contributed by atoms with E-state index in [1.807, 2.05) is 30.3 Å². The molecule has 0 saturated carbocycles. The summed E-state index contributed by atoms with van der Waals surface area (Å²) in [5.74, 6) is -0.0486. The summed E-state index contributed by atoms with van der Waals surface area (Å²) in [6.45, 7) is 5.69. The number of carbonyl (C=O) groups excluding carboxylic acids is 1. The van der Waals surface area contributed by atoms with Crippen molar-refractivity contribution >= 4 is 28.7 Å². The first-order valence-electron chi connectivity index (χ1n) is 10.6. The number of ether oxygens (including phenoxy) is 1. The van der Waals surface area contributed by atoms with Crippen LogP contribution in [0.2, 0.25) is 0 Å². The standard InChI is InChI=1S/C23H30N4O2/c28-23(25-19-8-10-20(11-9-19)26-12-4-1-5-13-26)18-24-21-6-2-3-7-22(21)27-14-16-29-17-15-27/h2-3,6-11,24H,1,4-5,12-18H2,(H,25,28). The summed E-state index contributed by atoms with van der Waals surface area (Å²) >= 11 is 0. The molecule has 0 bridgehead atoms. The largest absolute Gasteiger partial charge is 0.378 e. The predicted octanol–water partition coefficient (Wildman–Crippen LogP) is 3.56. The molecule has 154 valence electrons. The fourth-order valence-corrected chi connectivity index (χ4v) is 3.99. The van der Waals surface area contributed by atoms with Crippen molar-refractivity contribution in [3.63, 3.8) is 0 Å². The van der Waals surface area contributed by atoms with Gasteiger partial charge in [-0.15, -0.1) is 0 Å². The Morgan fingerprint density at radius 2 is 1.59 bits per heavy atom. The lowest BCUT2D eigenvalue weighted by atomic mass is 10.1. The summed E-state index contributed by atoms with van der Waals surface area (Å²) in [6, 6.07) is 16.3. The Labute approximate surface area is 172 Å². The van der Waals surface area contributed by atoms with Gasteiger partial charge >= 0.3 is 0 Å². The number of piperidine rings is 1. The molecule has 0 aromatic heterocycles. The summed E-state index contributed by atoms with van der Waals surface area (Å²) < 4.78 is 5.44. The number of benzene rings is 2. The number of nitrogens with one attached hydrogen (secondary N) is 2. The summed E-state index contributed by atoms with van der Waals surface area (Å²) in [5.41, 5.74) is 4.17. The van der Waals surface area contributed by atoms with Crippen molar-refractivity contribution in [3.8, 4) is 0 Å². The van der Waals surface area contributed by atoms with Crippen molar-refractivity contribution in [2.45, 2.75) is 19.3 Å². The first-order chi connectivity index (χ1) is 14.3. The molecule has 1 amide bonds. The molecular formula is C23H30N4O2. The van der Waals surface area contributed by atoms with E-state index in [1.54, 1.807) is 0 Å². The average Bonchev–Trinajstić information content (AvgIpc) is 2.80. The molecule has 29 heavy (non-hydrogen) atoms. The van der Waals surface area contributed by atoms with Crippen molar-refractivity contribution in [1.82, 2.24) is 0 Å². The zero-order valence-corrected chi connectivity index (χ0v) is 16.9. The maximum absolute atomic E-state index is 12.4. The normalized spacial score (nSPS) is 17.1. The molecule has 2 fully saturated rings. The molecule has 0 spiro atoms. The smallest absolute Gasteiger partial charge is 0.243 e. The van der Waals surface area contributed by atoms with Gasteiger partial charge in [0.25, 0.3) is 0 Å². The number of hydrogen-bond donors (Lipinski definition) is 2. The van der Waals surface area contributed by atoms with Gasteiger partial charge < -0.3 is 25.2 Å². The van der Waals surface area contributed by atoms with E-state index < -0.39 is 0 Å². The van der Waals surface area contributed by atoms with Crippen LogP contribution in [0.4, 0.5) is 22.7 Å². The van der Waals surface area contributed by atoms with Crippen LogP contribution in [0.3, 0.4) is 0 Å². The van der Waals surface area contributed by atoms with Gasteiger partial charge in [-0.05, 0) is 55.7 Å². The van der Waals surface area contributed by atoms with Gasteiger partial charge in [0, 0.05) is 37.6 Å². The Bertz CT molecular complexity index is 797. The fourth-order valence-electron chi connectivity index (χ4n) is 3.99. The van der Waals surface area contributed by atoms with Crippen LogP contribution in [0.15, 0.2) is 48.5 Å². The van der Waals surface area contributed by atoms with Crippen molar-refractivity contribution in [1.29, 1.82) is 0 Å². The third kappa shape index (κ3) is 5.21. The number of carbonyl (C=O) groups is 1. The number of hydrogen-bond acceptors (Lipinski definition) is 5. The minimum atomic E-state index is -0.0486. The van der Waals surface area contributed by atoms with Crippen molar-refractivity contribution < 1.29 is 9.53 Å². The zero-order chi connectivity index (χ0) is 19.9.